The van der Waals surface area contributed by atoms with Gasteiger partial charge in [0.25, 0.3) is 0 Å². The Balaban J connectivity index is 3.84. The predicted octanol–water partition coefficient (Wildman–Crippen LogP) is 3.37. The minimum Gasteiger partial charge on any atom is -0.326 e. The van der Waals surface area contributed by atoms with E-state index < -0.39 is 18.2 Å². The Morgan fingerprint density at radius 3 is 1.52 bits per heavy atom. The standard InChI is InChI=1S/C19H48N4Si2/c1-9-16(4)20-24(8)21-18(6)14-12-13-15-19(7)23-25(11-3)22-17(5)10-2/h16-25H,9-15H2,1-8H3. The van der Waals surface area contributed by atoms with E-state index in [1.54, 1.807) is 0 Å². The van der Waals surface area contributed by atoms with Crippen molar-refractivity contribution in [3.8, 4) is 0 Å². The Morgan fingerprint density at radius 2 is 1.04 bits per heavy atom. The number of hydrogen-bond acceptors (Lipinski definition) is 4. The zero-order chi connectivity index (χ0) is 19.2. The van der Waals surface area contributed by atoms with Gasteiger partial charge in [-0.25, -0.2) is 0 Å². The SMILES string of the molecule is CCC(C)N[SiH](C)NC(C)CCCCC(C)N[SiH](CC)NC(C)CC. The van der Waals surface area contributed by atoms with Crippen LogP contribution in [0.3, 0.4) is 0 Å². The molecule has 4 nitrogen and oxygen atoms in total. The van der Waals surface area contributed by atoms with Crippen LogP contribution in [-0.4, -0.2) is 42.4 Å². The third kappa shape index (κ3) is 14.1. The molecule has 0 aromatic heterocycles. The summed E-state index contributed by atoms with van der Waals surface area (Å²) in [6.07, 6.45) is 7.71. The molecule has 0 rings (SSSR count). The molecule has 0 radical (unpaired) electrons. The second-order valence-electron chi connectivity index (χ2n) is 8.05. The Kier molecular flexibility index (Phi) is 15.5. The van der Waals surface area contributed by atoms with Crippen LogP contribution in [0.4, 0.5) is 0 Å². The Hall–Kier alpha value is 0.274. The van der Waals surface area contributed by atoms with Crippen molar-refractivity contribution in [1.82, 2.24) is 19.9 Å². The van der Waals surface area contributed by atoms with Gasteiger partial charge < -0.3 is 19.9 Å². The van der Waals surface area contributed by atoms with E-state index in [1.807, 2.05) is 0 Å². The molecule has 152 valence electrons. The molecule has 0 heterocycles. The molecule has 0 spiro atoms. The molecule has 0 aliphatic rings. The summed E-state index contributed by atoms with van der Waals surface area (Å²) in [5.74, 6) is 0. The van der Waals surface area contributed by atoms with Crippen molar-refractivity contribution in [3.63, 3.8) is 0 Å². The molecule has 0 saturated heterocycles. The summed E-state index contributed by atoms with van der Waals surface area (Å²) in [6.45, 7) is 18.5. The van der Waals surface area contributed by atoms with Gasteiger partial charge in [-0.15, -0.1) is 0 Å². The smallest absolute Gasteiger partial charge is 0.184 e. The van der Waals surface area contributed by atoms with Crippen molar-refractivity contribution in [2.45, 2.75) is 124 Å². The summed E-state index contributed by atoms with van der Waals surface area (Å²) in [5, 5.41) is 0. The lowest BCUT2D eigenvalue weighted by Crippen LogP contribution is -2.53. The van der Waals surface area contributed by atoms with Crippen LogP contribution in [0.25, 0.3) is 0 Å². The number of rotatable bonds is 16. The van der Waals surface area contributed by atoms with E-state index in [2.05, 4.69) is 74.9 Å². The Morgan fingerprint density at radius 1 is 0.640 bits per heavy atom. The Labute approximate surface area is 162 Å². The fourth-order valence-corrected chi connectivity index (χ4v) is 7.73. The first kappa shape index (κ1) is 25.3. The molecular weight excluding hydrogens is 340 g/mol. The molecule has 0 fully saturated rings. The maximum Gasteiger partial charge on any atom is 0.184 e. The molecule has 0 aliphatic heterocycles. The van der Waals surface area contributed by atoms with Crippen LogP contribution in [0.1, 0.15) is 87.0 Å². The number of nitrogens with one attached hydrogen (secondary N) is 4. The summed E-state index contributed by atoms with van der Waals surface area (Å²) >= 11 is 0. The topological polar surface area (TPSA) is 48.1 Å². The lowest BCUT2D eigenvalue weighted by atomic mass is 10.1. The average Bonchev–Trinajstić information content (AvgIpc) is 2.57. The molecule has 0 aromatic rings. The van der Waals surface area contributed by atoms with Crippen molar-refractivity contribution in [3.05, 3.63) is 0 Å². The van der Waals surface area contributed by atoms with Crippen LogP contribution in [0.15, 0.2) is 0 Å². The molecule has 25 heavy (non-hydrogen) atoms. The van der Waals surface area contributed by atoms with Crippen molar-refractivity contribution in [2.24, 2.45) is 0 Å². The largest absolute Gasteiger partial charge is 0.326 e. The molecular formula is C19H48N4Si2. The van der Waals surface area contributed by atoms with E-state index in [1.165, 1.54) is 44.6 Å². The molecule has 6 heteroatoms. The molecule has 6 atom stereocenters. The lowest BCUT2D eigenvalue weighted by Gasteiger charge is -2.25. The second kappa shape index (κ2) is 15.3. The summed E-state index contributed by atoms with van der Waals surface area (Å²) in [6, 6.07) is 3.87. The minimum absolute atomic E-state index is 0.645. The van der Waals surface area contributed by atoms with Gasteiger partial charge in [-0.3, -0.25) is 0 Å². The van der Waals surface area contributed by atoms with Crippen molar-refractivity contribution in [2.75, 3.05) is 0 Å². The number of unbranched alkanes of at least 4 members (excludes halogenated alkanes) is 1. The van der Waals surface area contributed by atoms with Gasteiger partial charge in [0.1, 0.15) is 0 Å². The first-order chi connectivity index (χ1) is 11.8. The average molecular weight is 389 g/mol. The van der Waals surface area contributed by atoms with Gasteiger partial charge in [-0.1, -0.05) is 61.3 Å². The lowest BCUT2D eigenvalue weighted by molar-refractivity contribution is 0.504. The monoisotopic (exact) mass is 388 g/mol. The fourth-order valence-electron chi connectivity index (χ4n) is 3.18. The van der Waals surface area contributed by atoms with Gasteiger partial charge in [0.2, 0.25) is 0 Å². The third-order valence-corrected chi connectivity index (χ3v) is 10.1. The van der Waals surface area contributed by atoms with Crippen LogP contribution in [0.5, 0.6) is 0 Å². The summed E-state index contributed by atoms with van der Waals surface area (Å²) in [5.41, 5.74) is 0. The summed E-state index contributed by atoms with van der Waals surface area (Å²) < 4.78 is 0. The molecule has 0 aromatic carbocycles. The highest BCUT2D eigenvalue weighted by molar-refractivity contribution is 6.53. The summed E-state index contributed by atoms with van der Waals surface area (Å²) in [4.78, 5) is 15.2. The summed E-state index contributed by atoms with van der Waals surface area (Å²) in [7, 11) is -1.93. The molecule has 4 N–H and O–H groups in total. The van der Waals surface area contributed by atoms with Gasteiger partial charge in [0, 0.05) is 0 Å². The highest BCUT2D eigenvalue weighted by atomic mass is 28.3. The molecule has 6 unspecified atom stereocenters. The highest BCUT2D eigenvalue weighted by Gasteiger charge is 2.14. The normalized spacial score (nSPS) is 19.2. The maximum absolute atomic E-state index is 3.89. The van der Waals surface area contributed by atoms with Gasteiger partial charge >= 0.3 is 0 Å². The van der Waals surface area contributed by atoms with Crippen molar-refractivity contribution >= 4 is 18.2 Å². The fraction of sp³-hybridized carbons (Fsp3) is 1.00. The van der Waals surface area contributed by atoms with Crippen molar-refractivity contribution < 1.29 is 0 Å². The zero-order valence-electron chi connectivity index (χ0n) is 18.4. The maximum atomic E-state index is 3.89. The van der Waals surface area contributed by atoms with E-state index >= 15 is 0 Å². The Bertz CT molecular complexity index is 307. The van der Waals surface area contributed by atoms with Gasteiger partial charge in [0.15, 0.2) is 18.2 Å². The van der Waals surface area contributed by atoms with Gasteiger partial charge in [-0.2, -0.15) is 0 Å². The van der Waals surface area contributed by atoms with E-state index in [0.29, 0.717) is 24.2 Å². The highest BCUT2D eigenvalue weighted by Crippen LogP contribution is 2.07. The minimum atomic E-state index is -0.970. The van der Waals surface area contributed by atoms with E-state index in [9.17, 15) is 0 Å². The first-order valence-electron chi connectivity index (χ1n) is 10.9. The molecule has 0 amide bonds. The number of hydrogen-bond donors (Lipinski definition) is 4. The second-order valence-corrected chi connectivity index (χ2v) is 12.8. The van der Waals surface area contributed by atoms with Crippen LogP contribution in [0, 0.1) is 0 Å². The quantitative estimate of drug-likeness (QED) is 0.242. The van der Waals surface area contributed by atoms with Gasteiger partial charge in [0.05, 0.1) is 0 Å². The first-order valence-corrected chi connectivity index (χ1v) is 15.1. The van der Waals surface area contributed by atoms with Crippen LogP contribution in [0.2, 0.25) is 12.6 Å². The van der Waals surface area contributed by atoms with E-state index in [0.717, 1.165) is 0 Å². The molecule has 0 aliphatic carbocycles. The predicted molar refractivity (Wildman–Crippen MR) is 120 cm³/mol. The van der Waals surface area contributed by atoms with E-state index in [4.69, 9.17) is 0 Å². The van der Waals surface area contributed by atoms with Crippen LogP contribution in [-0.2, 0) is 0 Å². The molecule has 0 saturated carbocycles. The van der Waals surface area contributed by atoms with Crippen LogP contribution >= 0.6 is 0 Å². The zero-order valence-corrected chi connectivity index (χ0v) is 20.7. The third-order valence-electron chi connectivity index (χ3n) is 5.20. The van der Waals surface area contributed by atoms with E-state index in [-0.39, 0.29) is 0 Å². The van der Waals surface area contributed by atoms with Gasteiger partial charge in [-0.05, 0) is 62.4 Å². The van der Waals surface area contributed by atoms with Crippen LogP contribution < -0.4 is 19.9 Å². The molecule has 0 bridgehead atoms. The van der Waals surface area contributed by atoms with Crippen molar-refractivity contribution in [1.29, 1.82) is 0 Å².